The summed E-state index contributed by atoms with van der Waals surface area (Å²) in [7, 11) is 0. The second-order valence-corrected chi connectivity index (χ2v) is 9.82. The molecule has 0 unspecified atom stereocenters. The lowest BCUT2D eigenvalue weighted by atomic mass is 10.0. The van der Waals surface area contributed by atoms with Gasteiger partial charge in [-0.15, -0.1) is 11.6 Å². The molecule has 31 heavy (non-hydrogen) atoms. The SMILES string of the molecule is CCCCCCCCCCCCCCCCCCCCCC(=O)OCCCCCCCl. The van der Waals surface area contributed by atoms with Gasteiger partial charge in [-0.05, 0) is 19.3 Å². The van der Waals surface area contributed by atoms with E-state index < -0.39 is 0 Å². The number of carbonyl (C=O) groups is 1. The van der Waals surface area contributed by atoms with Gasteiger partial charge in [0.25, 0.3) is 0 Å². The molecule has 0 aliphatic carbocycles. The summed E-state index contributed by atoms with van der Waals surface area (Å²) >= 11 is 5.65. The number of ether oxygens (including phenoxy) is 1. The molecule has 0 N–H and O–H groups in total. The summed E-state index contributed by atoms with van der Waals surface area (Å²) in [6.07, 6.45) is 31.1. The Morgan fingerprint density at radius 3 is 1.29 bits per heavy atom. The molecule has 0 bridgehead atoms. The van der Waals surface area contributed by atoms with Crippen LogP contribution in [0.5, 0.6) is 0 Å². The first-order chi connectivity index (χ1) is 15.3. The molecule has 0 rings (SSSR count). The van der Waals surface area contributed by atoms with Gasteiger partial charge in [0.05, 0.1) is 6.61 Å². The predicted octanol–water partition coefficient (Wildman–Crippen LogP) is 10.2. The summed E-state index contributed by atoms with van der Waals surface area (Å²) in [5.74, 6) is 0.725. The molecule has 186 valence electrons. The van der Waals surface area contributed by atoms with Crippen molar-refractivity contribution in [1.82, 2.24) is 0 Å². The summed E-state index contributed by atoms with van der Waals surface area (Å²) in [6, 6.07) is 0. The third kappa shape index (κ3) is 27.7. The minimum Gasteiger partial charge on any atom is -0.466 e. The van der Waals surface area contributed by atoms with E-state index in [4.69, 9.17) is 16.3 Å². The van der Waals surface area contributed by atoms with Crippen LogP contribution in [0.4, 0.5) is 0 Å². The van der Waals surface area contributed by atoms with Crippen molar-refractivity contribution in [2.75, 3.05) is 12.5 Å². The number of hydrogen-bond acceptors (Lipinski definition) is 2. The van der Waals surface area contributed by atoms with E-state index >= 15 is 0 Å². The number of rotatable bonds is 26. The molecule has 0 aromatic rings. The first-order valence-corrected chi connectivity index (χ1v) is 14.6. The molecule has 0 fully saturated rings. The van der Waals surface area contributed by atoms with Crippen LogP contribution in [0.15, 0.2) is 0 Å². The Kier molecular flexibility index (Phi) is 27.6. The lowest BCUT2D eigenvalue weighted by Crippen LogP contribution is -2.05. The van der Waals surface area contributed by atoms with Crippen LogP contribution < -0.4 is 0 Å². The average molecular weight is 459 g/mol. The van der Waals surface area contributed by atoms with Crippen LogP contribution in [0, 0.1) is 0 Å². The van der Waals surface area contributed by atoms with Crippen LogP contribution in [0.1, 0.15) is 161 Å². The van der Waals surface area contributed by atoms with Crippen molar-refractivity contribution in [1.29, 1.82) is 0 Å². The first kappa shape index (κ1) is 30.8. The molecule has 0 aliphatic heterocycles. The Balaban J connectivity index is 3.09. The van der Waals surface area contributed by atoms with Crippen molar-refractivity contribution in [2.24, 2.45) is 0 Å². The fourth-order valence-electron chi connectivity index (χ4n) is 4.16. The highest BCUT2D eigenvalue weighted by atomic mass is 35.5. The van der Waals surface area contributed by atoms with Crippen LogP contribution in [0.25, 0.3) is 0 Å². The van der Waals surface area contributed by atoms with Crippen LogP contribution in [-0.4, -0.2) is 18.5 Å². The third-order valence-electron chi connectivity index (χ3n) is 6.28. The average Bonchev–Trinajstić information content (AvgIpc) is 2.77. The zero-order valence-corrected chi connectivity index (χ0v) is 21.8. The van der Waals surface area contributed by atoms with Gasteiger partial charge in [-0.1, -0.05) is 135 Å². The number of hydrogen-bond donors (Lipinski definition) is 0. The van der Waals surface area contributed by atoms with E-state index in [2.05, 4.69) is 6.92 Å². The van der Waals surface area contributed by atoms with E-state index in [-0.39, 0.29) is 5.97 Å². The smallest absolute Gasteiger partial charge is 0.305 e. The van der Waals surface area contributed by atoms with Gasteiger partial charge < -0.3 is 4.74 Å². The van der Waals surface area contributed by atoms with E-state index in [1.54, 1.807) is 0 Å². The Bertz CT molecular complexity index is 346. The van der Waals surface area contributed by atoms with E-state index in [9.17, 15) is 4.79 Å². The lowest BCUT2D eigenvalue weighted by molar-refractivity contribution is -0.143. The normalized spacial score (nSPS) is 11.2. The molecular weight excluding hydrogens is 404 g/mol. The van der Waals surface area contributed by atoms with Gasteiger partial charge in [0.15, 0.2) is 0 Å². The summed E-state index contributed by atoms with van der Waals surface area (Å²) in [5.41, 5.74) is 0. The highest BCUT2D eigenvalue weighted by Crippen LogP contribution is 2.15. The van der Waals surface area contributed by atoms with E-state index in [1.807, 2.05) is 0 Å². The number of unbranched alkanes of at least 4 members (excludes halogenated alkanes) is 21. The molecule has 2 nitrogen and oxygen atoms in total. The van der Waals surface area contributed by atoms with Gasteiger partial charge in [0.1, 0.15) is 0 Å². The maximum absolute atomic E-state index is 11.7. The first-order valence-electron chi connectivity index (χ1n) is 14.0. The van der Waals surface area contributed by atoms with Gasteiger partial charge >= 0.3 is 5.97 Å². The van der Waals surface area contributed by atoms with E-state index in [1.165, 1.54) is 116 Å². The minimum atomic E-state index is -0.00989. The monoisotopic (exact) mass is 458 g/mol. The fourth-order valence-corrected chi connectivity index (χ4v) is 4.35. The Hall–Kier alpha value is -0.240. The van der Waals surface area contributed by atoms with Gasteiger partial charge in [0, 0.05) is 12.3 Å². The molecule has 3 heteroatoms. The fraction of sp³-hybridized carbons (Fsp3) is 0.964. The summed E-state index contributed by atoms with van der Waals surface area (Å²) in [5, 5.41) is 0. The number of carbonyl (C=O) groups excluding carboxylic acids is 1. The van der Waals surface area contributed by atoms with Crippen molar-refractivity contribution in [3.63, 3.8) is 0 Å². The largest absolute Gasteiger partial charge is 0.466 e. The van der Waals surface area contributed by atoms with Crippen molar-refractivity contribution in [2.45, 2.75) is 161 Å². The van der Waals surface area contributed by atoms with Gasteiger partial charge in [-0.25, -0.2) is 0 Å². The molecule has 0 aliphatic rings. The zero-order valence-electron chi connectivity index (χ0n) is 21.1. The third-order valence-corrected chi connectivity index (χ3v) is 6.54. The molecule has 0 aromatic carbocycles. The van der Waals surface area contributed by atoms with Crippen molar-refractivity contribution in [3.05, 3.63) is 0 Å². The molecule has 0 spiro atoms. The lowest BCUT2D eigenvalue weighted by Gasteiger charge is -2.05. The summed E-state index contributed by atoms with van der Waals surface area (Å²) in [4.78, 5) is 11.7. The zero-order chi connectivity index (χ0) is 22.7. The predicted molar refractivity (Wildman–Crippen MR) is 138 cm³/mol. The van der Waals surface area contributed by atoms with Crippen LogP contribution in [-0.2, 0) is 9.53 Å². The summed E-state index contributed by atoms with van der Waals surface area (Å²) in [6.45, 7) is 2.87. The van der Waals surface area contributed by atoms with Crippen LogP contribution in [0.3, 0.4) is 0 Å². The van der Waals surface area contributed by atoms with Crippen LogP contribution >= 0.6 is 11.6 Å². The van der Waals surface area contributed by atoms with Crippen molar-refractivity contribution < 1.29 is 9.53 Å². The molecule has 0 amide bonds. The second kappa shape index (κ2) is 27.8. The quantitative estimate of drug-likeness (QED) is 0.0731. The molecule has 0 radical (unpaired) electrons. The van der Waals surface area contributed by atoms with E-state index in [0.717, 1.165) is 38.0 Å². The highest BCUT2D eigenvalue weighted by molar-refractivity contribution is 6.17. The van der Waals surface area contributed by atoms with Gasteiger partial charge in [-0.3, -0.25) is 4.79 Å². The minimum absolute atomic E-state index is 0.00989. The summed E-state index contributed by atoms with van der Waals surface area (Å²) < 4.78 is 5.29. The van der Waals surface area contributed by atoms with Gasteiger partial charge in [-0.2, -0.15) is 0 Å². The second-order valence-electron chi connectivity index (χ2n) is 9.44. The van der Waals surface area contributed by atoms with Gasteiger partial charge in [0.2, 0.25) is 0 Å². The standard InChI is InChI=1S/C28H55ClO2/c1-2-3-4-5-6-7-8-9-10-11-12-13-14-15-16-17-18-19-22-25-28(30)31-27-24-21-20-23-26-29/h2-27H2,1H3. The molecular formula is C28H55ClO2. The highest BCUT2D eigenvalue weighted by Gasteiger charge is 2.02. The molecule has 0 aromatic heterocycles. The molecule has 0 saturated heterocycles. The Morgan fingerprint density at radius 1 is 0.516 bits per heavy atom. The van der Waals surface area contributed by atoms with Crippen molar-refractivity contribution in [3.8, 4) is 0 Å². The number of alkyl halides is 1. The topological polar surface area (TPSA) is 26.3 Å². The maximum Gasteiger partial charge on any atom is 0.305 e. The van der Waals surface area contributed by atoms with E-state index in [0.29, 0.717) is 13.0 Å². The van der Waals surface area contributed by atoms with Crippen LogP contribution in [0.2, 0.25) is 0 Å². The maximum atomic E-state index is 11.7. The Labute approximate surface area is 200 Å². The number of esters is 1. The molecule has 0 atom stereocenters. The van der Waals surface area contributed by atoms with Crippen molar-refractivity contribution >= 4 is 17.6 Å². The molecule has 0 saturated carbocycles. The number of halogens is 1. The molecule has 0 heterocycles. The Morgan fingerprint density at radius 2 is 0.871 bits per heavy atom.